The van der Waals surface area contributed by atoms with Crippen LogP contribution in [0.15, 0.2) is 164 Å². The Morgan fingerprint density at radius 3 is 1.83 bits per heavy atom. The number of hydrogen-bond donors (Lipinski definition) is 1. The Hall–Kier alpha value is -6.26. The molecular formula is C54H51N3O. The van der Waals surface area contributed by atoms with Crippen LogP contribution >= 0.6 is 0 Å². The maximum absolute atomic E-state index is 11.3. The summed E-state index contributed by atoms with van der Waals surface area (Å²) in [6.07, 6.45) is 6.51. The van der Waals surface area contributed by atoms with E-state index in [1.807, 2.05) is 30.5 Å². The second-order valence-corrected chi connectivity index (χ2v) is 17.8. The molecule has 4 nitrogen and oxygen atoms in total. The van der Waals surface area contributed by atoms with E-state index in [4.69, 9.17) is 9.97 Å². The van der Waals surface area contributed by atoms with Gasteiger partial charge in [-0.2, -0.15) is 0 Å². The molecule has 0 amide bonds. The number of hydrogen-bond acceptors (Lipinski definition) is 3. The van der Waals surface area contributed by atoms with E-state index < -0.39 is 0 Å². The molecular weight excluding hydrogens is 707 g/mol. The van der Waals surface area contributed by atoms with Gasteiger partial charge >= 0.3 is 0 Å². The lowest BCUT2D eigenvalue weighted by Crippen LogP contribution is -2.36. The van der Waals surface area contributed by atoms with Gasteiger partial charge in [-0.05, 0) is 130 Å². The summed E-state index contributed by atoms with van der Waals surface area (Å²) < 4.78 is 2.22. The van der Waals surface area contributed by atoms with Crippen molar-refractivity contribution in [1.29, 1.82) is 0 Å². The average Bonchev–Trinajstić information content (AvgIpc) is 3.65. The molecule has 6 aromatic carbocycles. The average molecular weight is 758 g/mol. The van der Waals surface area contributed by atoms with E-state index in [-0.39, 0.29) is 22.0 Å². The predicted molar refractivity (Wildman–Crippen MR) is 241 cm³/mol. The molecule has 0 saturated heterocycles. The monoisotopic (exact) mass is 757 g/mol. The van der Waals surface area contributed by atoms with Crippen LogP contribution < -0.4 is 0 Å². The minimum atomic E-state index is -0.104. The van der Waals surface area contributed by atoms with Crippen LogP contribution in [0.4, 0.5) is 0 Å². The van der Waals surface area contributed by atoms with Crippen LogP contribution in [0.3, 0.4) is 0 Å². The third kappa shape index (κ3) is 6.91. The Labute approximate surface area is 342 Å². The normalized spacial score (nSPS) is 18.4. The fraction of sp³-hybridized carbons (Fsp3) is 0.222. The molecule has 2 aromatic heterocycles. The summed E-state index contributed by atoms with van der Waals surface area (Å²) in [5.74, 6) is 0.912. The van der Waals surface area contributed by atoms with Gasteiger partial charge in [0.25, 0.3) is 0 Å². The minimum Gasteiger partial charge on any atom is -0.507 e. The van der Waals surface area contributed by atoms with Gasteiger partial charge in [0, 0.05) is 23.0 Å². The summed E-state index contributed by atoms with van der Waals surface area (Å²) in [6.45, 7) is 11.6. The second kappa shape index (κ2) is 14.6. The number of aromatic hydroxyl groups is 1. The van der Waals surface area contributed by atoms with Gasteiger partial charge in [-0.25, -0.2) is 4.98 Å². The summed E-state index contributed by atoms with van der Waals surface area (Å²) in [5, 5.41) is 11.3. The third-order valence-electron chi connectivity index (χ3n) is 12.9. The molecule has 1 aliphatic carbocycles. The van der Waals surface area contributed by atoms with Gasteiger partial charge in [-0.15, -0.1) is 0 Å². The summed E-state index contributed by atoms with van der Waals surface area (Å²) in [5.41, 5.74) is 14.2. The van der Waals surface area contributed by atoms with Crippen molar-refractivity contribution in [2.24, 2.45) is 0 Å². The first-order valence-electron chi connectivity index (χ1n) is 20.6. The quantitative estimate of drug-likeness (QED) is 0.176. The zero-order valence-electron chi connectivity index (χ0n) is 34.2. The van der Waals surface area contributed by atoms with E-state index in [1.165, 1.54) is 16.7 Å². The Morgan fingerprint density at radius 1 is 0.552 bits per heavy atom. The van der Waals surface area contributed by atoms with Crippen molar-refractivity contribution in [3.8, 4) is 56.3 Å². The Morgan fingerprint density at radius 2 is 1.16 bits per heavy atom. The molecule has 0 radical (unpaired) electrons. The number of benzene rings is 6. The molecule has 1 saturated carbocycles. The van der Waals surface area contributed by atoms with Gasteiger partial charge in [0.2, 0.25) is 0 Å². The summed E-state index contributed by atoms with van der Waals surface area (Å²) in [4.78, 5) is 10.3. The molecule has 1 fully saturated rings. The smallest absolute Gasteiger partial charge is 0.149 e. The highest BCUT2D eigenvalue weighted by molar-refractivity contribution is 5.96. The number of phenols is 1. The van der Waals surface area contributed by atoms with Crippen molar-refractivity contribution in [2.75, 3.05) is 0 Å². The van der Waals surface area contributed by atoms with Gasteiger partial charge in [0.15, 0.2) is 0 Å². The fourth-order valence-electron chi connectivity index (χ4n) is 8.98. The molecule has 0 bridgehead atoms. The van der Waals surface area contributed by atoms with Gasteiger partial charge in [0.1, 0.15) is 11.6 Å². The largest absolute Gasteiger partial charge is 0.507 e. The van der Waals surface area contributed by atoms with E-state index in [0.717, 1.165) is 75.9 Å². The lowest BCUT2D eigenvalue weighted by molar-refractivity contribution is 0.223. The fourth-order valence-corrected chi connectivity index (χ4v) is 8.98. The molecule has 0 spiro atoms. The lowest BCUT2D eigenvalue weighted by Gasteiger charge is -2.44. The second-order valence-electron chi connectivity index (χ2n) is 17.8. The highest BCUT2D eigenvalue weighted by Gasteiger charge is 2.39. The minimum absolute atomic E-state index is 0.1000. The van der Waals surface area contributed by atoms with Crippen molar-refractivity contribution < 1.29 is 5.11 Å². The molecule has 2 heterocycles. The maximum Gasteiger partial charge on any atom is 0.149 e. The highest BCUT2D eigenvalue weighted by Crippen LogP contribution is 2.48. The van der Waals surface area contributed by atoms with Gasteiger partial charge in [-0.1, -0.05) is 138 Å². The van der Waals surface area contributed by atoms with E-state index in [0.29, 0.717) is 11.4 Å². The number of para-hydroxylation sites is 2. The van der Waals surface area contributed by atoms with Gasteiger partial charge in [0.05, 0.1) is 22.3 Å². The number of fused-ring (bicyclic) bond motifs is 1. The highest BCUT2D eigenvalue weighted by atomic mass is 16.3. The van der Waals surface area contributed by atoms with Crippen LogP contribution in [-0.4, -0.2) is 19.6 Å². The number of aromatic nitrogens is 3. The molecule has 1 aliphatic rings. The van der Waals surface area contributed by atoms with Crippen LogP contribution in [0, 0.1) is 0 Å². The van der Waals surface area contributed by atoms with Crippen molar-refractivity contribution in [3.63, 3.8) is 0 Å². The number of pyridine rings is 1. The van der Waals surface area contributed by atoms with Crippen molar-refractivity contribution >= 4 is 11.0 Å². The molecule has 9 rings (SSSR count). The number of nitrogens with zero attached hydrogens (tertiary/aromatic N) is 3. The number of rotatable bonds is 7. The number of phenolic OH excluding ortho intramolecular Hbond substituents is 1. The predicted octanol–water partition coefficient (Wildman–Crippen LogP) is 13.9. The summed E-state index contributed by atoms with van der Waals surface area (Å²) in [7, 11) is 0. The van der Waals surface area contributed by atoms with Crippen LogP contribution in [0.25, 0.3) is 61.6 Å². The van der Waals surface area contributed by atoms with E-state index >= 15 is 0 Å². The van der Waals surface area contributed by atoms with Crippen molar-refractivity contribution in [3.05, 3.63) is 181 Å². The van der Waals surface area contributed by atoms with E-state index in [9.17, 15) is 5.11 Å². The van der Waals surface area contributed by atoms with Crippen LogP contribution in [0.1, 0.15) is 77.0 Å². The molecule has 0 unspecified atom stereocenters. The Bertz CT molecular complexity index is 2730. The Kier molecular flexibility index (Phi) is 9.39. The zero-order chi connectivity index (χ0) is 40.1. The first-order valence-corrected chi connectivity index (χ1v) is 20.6. The first-order chi connectivity index (χ1) is 28.0. The lowest BCUT2D eigenvalue weighted by atomic mass is 9.61. The van der Waals surface area contributed by atoms with Crippen molar-refractivity contribution in [1.82, 2.24) is 14.5 Å². The summed E-state index contributed by atoms with van der Waals surface area (Å²) in [6, 6.07) is 55.7. The van der Waals surface area contributed by atoms with Gasteiger partial charge in [-0.3, -0.25) is 9.55 Å². The van der Waals surface area contributed by atoms with E-state index in [2.05, 4.69) is 167 Å². The maximum atomic E-state index is 11.3. The zero-order valence-corrected chi connectivity index (χ0v) is 34.2. The number of imidazole rings is 1. The van der Waals surface area contributed by atoms with Crippen molar-refractivity contribution in [2.45, 2.75) is 76.5 Å². The van der Waals surface area contributed by atoms with Crippen LogP contribution in [0.5, 0.6) is 5.75 Å². The molecule has 288 valence electrons. The van der Waals surface area contributed by atoms with Crippen LogP contribution in [-0.2, 0) is 16.2 Å². The molecule has 0 atom stereocenters. The van der Waals surface area contributed by atoms with Crippen LogP contribution in [0.2, 0.25) is 0 Å². The summed E-state index contributed by atoms with van der Waals surface area (Å²) >= 11 is 0. The first kappa shape index (κ1) is 37.3. The molecule has 8 aromatic rings. The van der Waals surface area contributed by atoms with E-state index in [1.54, 1.807) is 6.07 Å². The molecule has 4 heteroatoms. The Balaban J connectivity index is 1.14. The SMILES string of the molecule is CC(C)(C)c1cc(-c2cc(-c3ccccc3)ccn2)cc(-c2cccc3c2nc(-c2ccccc2O)n3-c2ccc(C3(C)CCC(C)(c4ccccc4)CC3)cc2)c1. The van der Waals surface area contributed by atoms with Gasteiger partial charge < -0.3 is 5.11 Å². The topological polar surface area (TPSA) is 50.9 Å². The molecule has 1 N–H and O–H groups in total. The molecule has 58 heavy (non-hydrogen) atoms. The standard InChI is InChI=1S/C54H51N3O/c1-52(2,3)43-34-39(33-40(35-43)47-36-38(27-32-55-47)37-15-8-6-9-16-37)45-20-14-21-48-50(45)56-51(46-19-12-13-22-49(46)58)57(48)44-25-23-42(24-26-44)54(5)30-28-53(4,29-31-54)41-17-10-7-11-18-41/h6-27,32-36,58H,28-31H2,1-5H3. The third-order valence-corrected chi connectivity index (χ3v) is 12.9. The molecule has 0 aliphatic heterocycles.